The van der Waals surface area contributed by atoms with Crippen molar-refractivity contribution < 1.29 is 9.29 Å². The highest BCUT2D eigenvalue weighted by atomic mass is 127. The Morgan fingerprint density at radius 1 is 1.54 bits per heavy atom. The van der Waals surface area contributed by atoms with E-state index in [1.54, 1.807) is 0 Å². The van der Waals surface area contributed by atoms with Crippen LogP contribution in [0.25, 0.3) is 0 Å². The molecule has 0 heterocycles. The maximum Gasteiger partial charge on any atom is 0.113 e. The van der Waals surface area contributed by atoms with E-state index in [0.29, 0.717) is 0 Å². The van der Waals surface area contributed by atoms with Crippen LogP contribution in [0, 0.1) is 5.92 Å². The summed E-state index contributed by atoms with van der Waals surface area (Å²) in [6, 6.07) is 0.206. The van der Waals surface area contributed by atoms with Crippen LogP contribution >= 0.6 is 58.2 Å². The molecule has 0 bridgehead atoms. The lowest BCUT2D eigenvalue weighted by Gasteiger charge is -2.16. The summed E-state index contributed by atoms with van der Waals surface area (Å²) >= 11 is 6.22. The van der Waals surface area contributed by atoms with E-state index in [1.165, 1.54) is 11.7 Å². The Morgan fingerprint density at radius 2 is 2.23 bits per heavy atom. The monoisotopic (exact) mass is 447 g/mol. The first-order chi connectivity index (χ1) is 6.13. The smallest absolute Gasteiger partial charge is 0.113 e. The van der Waals surface area contributed by atoms with Crippen LogP contribution in [0.15, 0.2) is 0 Å². The molecule has 3 N–H and O–H groups in total. The maximum atomic E-state index is 9.08. The Morgan fingerprint density at radius 3 is 2.77 bits per heavy atom. The van der Waals surface area contributed by atoms with Gasteiger partial charge in [0.25, 0.3) is 0 Å². The fourth-order valence-electron chi connectivity index (χ4n) is 1.53. The standard InChI is InChI=1S/C6H12I2NO2PS/c7-12(8)13-11-6-2-5(9)1-4(6)3-10/h4-6,10H,1-3,9H2/t4-,5-,6+/m1/s1. The molecule has 1 saturated carbocycles. The largest absolute Gasteiger partial charge is 0.396 e. The third-order valence-electron chi connectivity index (χ3n) is 2.12. The van der Waals surface area contributed by atoms with Crippen molar-refractivity contribution in [2.75, 3.05) is 6.61 Å². The van der Waals surface area contributed by atoms with Crippen molar-refractivity contribution in [2.24, 2.45) is 11.7 Å². The summed E-state index contributed by atoms with van der Waals surface area (Å²) in [6.45, 7) is 0.194. The van der Waals surface area contributed by atoms with Crippen LogP contribution in [-0.4, -0.2) is 23.9 Å². The number of rotatable bonds is 4. The quantitative estimate of drug-likeness (QED) is 0.396. The summed E-state index contributed by atoms with van der Waals surface area (Å²) in [5.41, 5.74) is 5.80. The van der Waals surface area contributed by atoms with Gasteiger partial charge < -0.3 is 15.0 Å². The van der Waals surface area contributed by atoms with Gasteiger partial charge in [0.2, 0.25) is 0 Å². The molecule has 7 heteroatoms. The molecule has 0 spiro atoms. The molecule has 1 fully saturated rings. The van der Waals surface area contributed by atoms with Crippen molar-refractivity contribution in [3.05, 3.63) is 0 Å². The van der Waals surface area contributed by atoms with E-state index >= 15 is 0 Å². The van der Waals surface area contributed by atoms with Crippen molar-refractivity contribution >= 4 is 58.2 Å². The van der Waals surface area contributed by atoms with Gasteiger partial charge in [0, 0.05) is 30.2 Å². The highest BCUT2D eigenvalue weighted by molar-refractivity contribution is 14.3. The Hall–Kier alpha value is 2.12. The van der Waals surface area contributed by atoms with Gasteiger partial charge in [0.05, 0.1) is 6.10 Å². The Balaban J connectivity index is 2.31. The summed E-state index contributed by atoms with van der Waals surface area (Å²) in [6.07, 6.45) is 1.93. The lowest BCUT2D eigenvalue weighted by Crippen LogP contribution is -2.18. The van der Waals surface area contributed by atoms with Crippen LogP contribution in [0.3, 0.4) is 0 Å². The molecular formula is C6H12I2NO2PS. The first-order valence-corrected chi connectivity index (χ1v) is 12.2. The third-order valence-corrected chi connectivity index (χ3v) is 6.06. The van der Waals surface area contributed by atoms with Gasteiger partial charge in [0.15, 0.2) is 0 Å². The first-order valence-electron chi connectivity index (χ1n) is 3.95. The normalized spacial score (nSPS) is 34.4. The van der Waals surface area contributed by atoms with E-state index in [4.69, 9.17) is 15.0 Å². The van der Waals surface area contributed by atoms with Crippen molar-refractivity contribution in [3.63, 3.8) is 0 Å². The minimum Gasteiger partial charge on any atom is -0.396 e. The molecule has 78 valence electrons. The second-order valence-electron chi connectivity index (χ2n) is 3.09. The average Bonchev–Trinajstić information content (AvgIpc) is 2.42. The van der Waals surface area contributed by atoms with Crippen molar-refractivity contribution in [1.82, 2.24) is 0 Å². The highest BCUT2D eigenvalue weighted by Gasteiger charge is 2.33. The summed E-state index contributed by atoms with van der Waals surface area (Å²) < 4.78 is 5.49. The fraction of sp³-hybridized carbons (Fsp3) is 1.00. The minimum atomic E-state index is -0.143. The van der Waals surface area contributed by atoms with Gasteiger partial charge >= 0.3 is 0 Å². The number of hydrogen-bond donors (Lipinski definition) is 2. The minimum absolute atomic E-state index is 0.143. The molecular weight excluding hydrogens is 435 g/mol. The topological polar surface area (TPSA) is 55.5 Å². The molecule has 0 aromatic rings. The van der Waals surface area contributed by atoms with Gasteiger partial charge in [-0.1, -0.05) is 0 Å². The Bertz CT molecular complexity index is 166. The molecule has 0 aromatic heterocycles. The van der Waals surface area contributed by atoms with Gasteiger partial charge in [-0.15, -0.1) is 0 Å². The third kappa shape index (κ3) is 4.65. The molecule has 0 unspecified atom stereocenters. The first kappa shape index (κ1) is 13.2. The van der Waals surface area contributed by atoms with Gasteiger partial charge in [-0.05, 0) is 56.9 Å². The van der Waals surface area contributed by atoms with E-state index in [-0.39, 0.29) is 27.1 Å². The predicted octanol–water partition coefficient (Wildman–Crippen LogP) is 2.85. The molecule has 13 heavy (non-hydrogen) atoms. The molecule has 3 atom stereocenters. The number of hydrogen-bond acceptors (Lipinski definition) is 4. The highest BCUT2D eigenvalue weighted by Crippen LogP contribution is 2.65. The molecule has 1 rings (SSSR count). The summed E-state index contributed by atoms with van der Waals surface area (Å²) in [7, 11) is 0. The van der Waals surface area contributed by atoms with E-state index < -0.39 is 0 Å². The van der Waals surface area contributed by atoms with E-state index in [2.05, 4.69) is 44.1 Å². The zero-order chi connectivity index (χ0) is 9.84. The second kappa shape index (κ2) is 6.65. The van der Waals surface area contributed by atoms with Gasteiger partial charge in [-0.2, -0.15) is 0 Å². The Labute approximate surface area is 110 Å². The molecule has 0 saturated heterocycles. The summed E-state index contributed by atoms with van der Waals surface area (Å²) in [5.74, 6) is 0.241. The Kier molecular flexibility index (Phi) is 6.74. The molecule has 1 aliphatic rings. The number of aliphatic hydroxyl groups is 1. The predicted molar refractivity (Wildman–Crippen MR) is 75.2 cm³/mol. The fourth-order valence-corrected chi connectivity index (χ4v) is 4.13. The molecule has 3 nitrogen and oxygen atoms in total. The van der Waals surface area contributed by atoms with Crippen LogP contribution < -0.4 is 5.73 Å². The van der Waals surface area contributed by atoms with Crippen LogP contribution in [0.5, 0.6) is 0 Å². The second-order valence-corrected chi connectivity index (χ2v) is 20.6. The SMILES string of the molecule is N[C@@H]1C[C@H](CO)[C@@H](OSP(I)I)C1. The van der Waals surface area contributed by atoms with E-state index in [0.717, 1.165) is 12.8 Å². The van der Waals surface area contributed by atoms with E-state index in [9.17, 15) is 0 Å². The molecule has 0 aromatic carbocycles. The zero-order valence-electron chi connectivity index (χ0n) is 6.90. The molecule has 0 radical (unpaired) electrons. The van der Waals surface area contributed by atoms with Crippen LogP contribution in [0.4, 0.5) is 0 Å². The van der Waals surface area contributed by atoms with Crippen molar-refractivity contribution in [1.29, 1.82) is 0 Å². The zero-order valence-corrected chi connectivity index (χ0v) is 12.9. The van der Waals surface area contributed by atoms with Crippen LogP contribution in [-0.2, 0) is 4.18 Å². The lowest BCUT2D eigenvalue weighted by molar-refractivity contribution is 0.130. The molecule has 1 aliphatic carbocycles. The van der Waals surface area contributed by atoms with Gasteiger partial charge in [0.1, 0.15) is 2.41 Å². The maximum absolute atomic E-state index is 9.08. The number of nitrogens with two attached hydrogens (primary N) is 1. The van der Waals surface area contributed by atoms with Gasteiger partial charge in [-0.25, -0.2) is 0 Å². The lowest BCUT2D eigenvalue weighted by atomic mass is 10.1. The summed E-state index contributed by atoms with van der Waals surface area (Å²) in [5, 5.41) is 9.08. The van der Waals surface area contributed by atoms with Crippen LogP contribution in [0.2, 0.25) is 0 Å². The van der Waals surface area contributed by atoms with Crippen molar-refractivity contribution in [3.8, 4) is 0 Å². The van der Waals surface area contributed by atoms with Crippen LogP contribution in [0.1, 0.15) is 12.8 Å². The van der Waals surface area contributed by atoms with E-state index in [1.807, 2.05) is 0 Å². The van der Waals surface area contributed by atoms with Gasteiger partial charge in [-0.3, -0.25) is 0 Å². The number of halogens is 2. The average molecular weight is 447 g/mol. The van der Waals surface area contributed by atoms with Crippen molar-refractivity contribution in [2.45, 2.75) is 25.0 Å². The molecule has 0 amide bonds. The summed E-state index contributed by atoms with van der Waals surface area (Å²) in [4.78, 5) is 0. The molecule has 0 aliphatic heterocycles. The number of aliphatic hydroxyl groups excluding tert-OH is 1.